The highest BCUT2D eigenvalue weighted by Gasteiger charge is 2.18. The summed E-state index contributed by atoms with van der Waals surface area (Å²) in [7, 11) is 0. The number of carbonyl (C=O) groups is 1. The van der Waals surface area contributed by atoms with Crippen molar-refractivity contribution in [2.75, 3.05) is 6.61 Å². The molecule has 0 spiro atoms. The smallest absolute Gasteiger partial charge is 0.190 e. The second-order valence-electron chi connectivity index (χ2n) is 4.37. The molecular weight excluding hydrogens is 226 g/mol. The van der Waals surface area contributed by atoms with Crippen LogP contribution in [-0.2, 0) is 0 Å². The second kappa shape index (κ2) is 5.25. The lowest BCUT2D eigenvalue weighted by molar-refractivity contribution is 0.112. The molecule has 1 aliphatic carbocycles. The first kappa shape index (κ1) is 12.0. The van der Waals surface area contributed by atoms with Crippen molar-refractivity contribution < 1.29 is 18.3 Å². The minimum atomic E-state index is -0.819. The Labute approximate surface area is 98.6 Å². The predicted molar refractivity (Wildman–Crippen MR) is 59.2 cm³/mol. The van der Waals surface area contributed by atoms with Gasteiger partial charge in [0.05, 0.1) is 6.61 Å². The number of halogens is 2. The Kier molecular flexibility index (Phi) is 3.71. The maximum absolute atomic E-state index is 13.4. The first-order valence-electron chi connectivity index (χ1n) is 5.77. The van der Waals surface area contributed by atoms with E-state index in [1.807, 2.05) is 0 Å². The summed E-state index contributed by atoms with van der Waals surface area (Å²) < 4.78 is 31.9. The summed E-state index contributed by atoms with van der Waals surface area (Å²) in [6, 6.07) is 1.96. The highest BCUT2D eigenvalue weighted by Crippen LogP contribution is 2.30. The molecule has 1 aromatic rings. The van der Waals surface area contributed by atoms with Crippen molar-refractivity contribution in [2.24, 2.45) is 5.92 Å². The van der Waals surface area contributed by atoms with Gasteiger partial charge >= 0.3 is 0 Å². The molecule has 0 radical (unpaired) electrons. The molecule has 0 bridgehead atoms. The van der Waals surface area contributed by atoms with Gasteiger partial charge < -0.3 is 4.74 Å². The number of ether oxygens (including phenoxy) is 1. The van der Waals surface area contributed by atoms with E-state index in [9.17, 15) is 13.6 Å². The minimum Gasteiger partial charge on any atom is -0.488 e. The third kappa shape index (κ3) is 2.81. The van der Waals surface area contributed by atoms with E-state index < -0.39 is 11.6 Å². The Morgan fingerprint density at radius 2 is 1.94 bits per heavy atom. The molecule has 1 aliphatic rings. The van der Waals surface area contributed by atoms with Gasteiger partial charge in [0.15, 0.2) is 17.4 Å². The fourth-order valence-electron chi connectivity index (χ4n) is 1.89. The van der Waals surface area contributed by atoms with E-state index in [-0.39, 0.29) is 11.3 Å². The van der Waals surface area contributed by atoms with Gasteiger partial charge in [-0.15, -0.1) is 0 Å². The molecule has 1 aromatic carbocycles. The van der Waals surface area contributed by atoms with Crippen molar-refractivity contribution in [3.63, 3.8) is 0 Å². The summed E-state index contributed by atoms with van der Waals surface area (Å²) in [6.07, 6.45) is 4.83. The van der Waals surface area contributed by atoms with Crippen LogP contribution in [0.4, 0.5) is 8.78 Å². The van der Waals surface area contributed by atoms with Gasteiger partial charge in [0, 0.05) is 5.56 Å². The van der Waals surface area contributed by atoms with Gasteiger partial charge in [-0.25, -0.2) is 8.78 Å². The van der Waals surface area contributed by atoms with E-state index in [1.54, 1.807) is 0 Å². The standard InChI is InChI=1S/C13H14F2O2/c14-11-6-10(8-16)7-12(15)13(11)17-5-4-9-2-1-3-9/h6-9H,1-5H2. The van der Waals surface area contributed by atoms with Crippen molar-refractivity contribution >= 4 is 6.29 Å². The molecular formula is C13H14F2O2. The zero-order valence-corrected chi connectivity index (χ0v) is 9.42. The lowest BCUT2D eigenvalue weighted by atomic mass is 9.83. The van der Waals surface area contributed by atoms with E-state index in [4.69, 9.17) is 4.74 Å². The Hall–Kier alpha value is -1.45. The number of rotatable bonds is 5. The zero-order chi connectivity index (χ0) is 12.3. The Balaban J connectivity index is 1.96. The lowest BCUT2D eigenvalue weighted by Crippen LogP contribution is -2.15. The van der Waals surface area contributed by atoms with E-state index in [0.717, 1.165) is 18.6 Å². The van der Waals surface area contributed by atoms with Crippen LogP contribution in [0.3, 0.4) is 0 Å². The molecule has 17 heavy (non-hydrogen) atoms. The summed E-state index contributed by atoms with van der Waals surface area (Å²) in [5.41, 5.74) is -0.0219. The summed E-state index contributed by atoms with van der Waals surface area (Å²) in [5.74, 6) is -1.38. The average molecular weight is 240 g/mol. The van der Waals surface area contributed by atoms with Gasteiger partial charge in [0.1, 0.15) is 6.29 Å². The molecule has 0 amide bonds. The van der Waals surface area contributed by atoms with Crippen molar-refractivity contribution in [1.29, 1.82) is 0 Å². The molecule has 0 N–H and O–H groups in total. The Bertz CT molecular complexity index is 391. The van der Waals surface area contributed by atoms with Gasteiger partial charge in [-0.3, -0.25) is 4.79 Å². The van der Waals surface area contributed by atoms with E-state index in [0.29, 0.717) is 18.8 Å². The molecule has 1 fully saturated rings. The van der Waals surface area contributed by atoms with E-state index in [2.05, 4.69) is 0 Å². The second-order valence-corrected chi connectivity index (χ2v) is 4.37. The summed E-state index contributed by atoms with van der Waals surface area (Å²) in [5, 5.41) is 0. The molecule has 1 saturated carbocycles. The van der Waals surface area contributed by atoms with Gasteiger partial charge in [0.25, 0.3) is 0 Å². The molecule has 0 aliphatic heterocycles. The minimum absolute atomic E-state index is 0.0219. The number of hydrogen-bond acceptors (Lipinski definition) is 2. The van der Waals surface area contributed by atoms with Crippen LogP contribution < -0.4 is 4.74 Å². The van der Waals surface area contributed by atoms with Crippen molar-refractivity contribution in [3.05, 3.63) is 29.3 Å². The van der Waals surface area contributed by atoms with E-state index in [1.165, 1.54) is 19.3 Å². The summed E-state index contributed by atoms with van der Waals surface area (Å²) in [6.45, 7) is 0.318. The molecule has 2 nitrogen and oxygen atoms in total. The molecule has 0 aromatic heterocycles. The van der Waals surface area contributed by atoms with Crippen molar-refractivity contribution in [1.82, 2.24) is 0 Å². The van der Waals surface area contributed by atoms with Gasteiger partial charge in [-0.05, 0) is 24.5 Å². The van der Waals surface area contributed by atoms with Crippen LogP contribution in [0.2, 0.25) is 0 Å². The first-order valence-corrected chi connectivity index (χ1v) is 5.77. The SMILES string of the molecule is O=Cc1cc(F)c(OCCC2CCC2)c(F)c1. The molecule has 0 saturated heterocycles. The fourth-order valence-corrected chi connectivity index (χ4v) is 1.89. The van der Waals surface area contributed by atoms with Crippen LogP contribution in [0.15, 0.2) is 12.1 Å². The summed E-state index contributed by atoms with van der Waals surface area (Å²) >= 11 is 0. The lowest BCUT2D eigenvalue weighted by Gasteiger charge is -2.25. The molecule has 0 heterocycles. The average Bonchev–Trinajstić information content (AvgIpc) is 2.24. The Morgan fingerprint density at radius 3 is 2.41 bits per heavy atom. The van der Waals surface area contributed by atoms with Crippen molar-refractivity contribution in [3.8, 4) is 5.75 Å². The highest BCUT2D eigenvalue weighted by molar-refractivity contribution is 5.75. The maximum Gasteiger partial charge on any atom is 0.190 e. The summed E-state index contributed by atoms with van der Waals surface area (Å²) in [4.78, 5) is 10.4. The molecule has 0 atom stereocenters. The number of benzene rings is 1. The van der Waals surface area contributed by atoms with Crippen LogP contribution in [0, 0.1) is 17.6 Å². The van der Waals surface area contributed by atoms with Gasteiger partial charge in [0.2, 0.25) is 0 Å². The van der Waals surface area contributed by atoms with E-state index >= 15 is 0 Å². The van der Waals surface area contributed by atoms with Crippen LogP contribution in [0.1, 0.15) is 36.0 Å². The quantitative estimate of drug-likeness (QED) is 0.738. The number of carbonyl (C=O) groups excluding carboxylic acids is 1. The molecule has 2 rings (SSSR count). The van der Waals surface area contributed by atoms with Gasteiger partial charge in [-0.1, -0.05) is 19.3 Å². The zero-order valence-electron chi connectivity index (χ0n) is 9.42. The van der Waals surface area contributed by atoms with Gasteiger partial charge in [-0.2, -0.15) is 0 Å². The normalized spacial score (nSPS) is 15.4. The third-order valence-electron chi connectivity index (χ3n) is 3.15. The van der Waals surface area contributed by atoms with Crippen LogP contribution in [0.25, 0.3) is 0 Å². The topological polar surface area (TPSA) is 26.3 Å². The molecule has 4 heteroatoms. The molecule has 0 unspecified atom stereocenters. The van der Waals surface area contributed by atoms with Crippen LogP contribution in [-0.4, -0.2) is 12.9 Å². The van der Waals surface area contributed by atoms with Crippen molar-refractivity contribution in [2.45, 2.75) is 25.7 Å². The fraction of sp³-hybridized carbons (Fsp3) is 0.462. The maximum atomic E-state index is 13.4. The third-order valence-corrected chi connectivity index (χ3v) is 3.15. The predicted octanol–water partition coefficient (Wildman–Crippen LogP) is 3.35. The largest absolute Gasteiger partial charge is 0.488 e. The number of hydrogen-bond donors (Lipinski definition) is 0. The van der Waals surface area contributed by atoms with Crippen LogP contribution >= 0.6 is 0 Å². The molecule has 92 valence electrons. The highest BCUT2D eigenvalue weighted by atomic mass is 19.1. The Morgan fingerprint density at radius 1 is 1.29 bits per heavy atom. The number of aldehydes is 1. The first-order chi connectivity index (χ1) is 8.20. The van der Waals surface area contributed by atoms with Crippen LogP contribution in [0.5, 0.6) is 5.75 Å². The monoisotopic (exact) mass is 240 g/mol.